The molecule has 0 spiro atoms. The molecular formula is C16H14N4OS. The number of anilines is 1. The minimum Gasteiger partial charge on any atom is -0.353 e. The molecule has 1 aromatic carbocycles. The summed E-state index contributed by atoms with van der Waals surface area (Å²) >= 11 is 1.62. The van der Waals surface area contributed by atoms with Crippen LogP contribution in [0.2, 0.25) is 0 Å². The maximum absolute atomic E-state index is 11.7. The maximum atomic E-state index is 11.7. The van der Waals surface area contributed by atoms with E-state index in [1.165, 1.54) is 0 Å². The number of thiophene rings is 1. The number of benzene rings is 1. The van der Waals surface area contributed by atoms with Crippen LogP contribution in [-0.4, -0.2) is 35.5 Å². The molecule has 0 unspecified atom stereocenters. The number of hydrogen-bond donors (Lipinski definition) is 1. The van der Waals surface area contributed by atoms with Crippen LogP contribution < -0.4 is 10.2 Å². The van der Waals surface area contributed by atoms with Crippen molar-refractivity contribution in [1.29, 1.82) is 0 Å². The van der Waals surface area contributed by atoms with Gasteiger partial charge in [-0.2, -0.15) is 0 Å². The topological polar surface area (TPSA) is 58.1 Å². The number of aromatic nitrogens is 2. The van der Waals surface area contributed by atoms with Gasteiger partial charge in [0.05, 0.1) is 16.9 Å². The van der Waals surface area contributed by atoms with E-state index >= 15 is 0 Å². The Morgan fingerprint density at radius 1 is 1.14 bits per heavy atom. The molecule has 3 aromatic rings. The highest BCUT2D eigenvalue weighted by molar-refractivity contribution is 7.13. The number of rotatable bonds is 2. The zero-order valence-corrected chi connectivity index (χ0v) is 12.6. The molecular weight excluding hydrogens is 296 g/mol. The first-order valence-electron chi connectivity index (χ1n) is 7.13. The van der Waals surface area contributed by atoms with Crippen molar-refractivity contribution in [2.24, 2.45) is 0 Å². The van der Waals surface area contributed by atoms with Crippen molar-refractivity contribution in [2.75, 3.05) is 24.5 Å². The van der Waals surface area contributed by atoms with Gasteiger partial charge in [-0.15, -0.1) is 11.3 Å². The summed E-state index contributed by atoms with van der Waals surface area (Å²) in [5, 5.41) is 5.85. The van der Waals surface area contributed by atoms with Crippen LogP contribution in [0, 0.1) is 0 Å². The normalized spacial score (nSPS) is 15.1. The molecule has 4 rings (SSSR count). The van der Waals surface area contributed by atoms with Gasteiger partial charge in [0.25, 0.3) is 0 Å². The number of nitrogens with zero attached hydrogens (tertiary/aromatic N) is 3. The Morgan fingerprint density at radius 2 is 2.05 bits per heavy atom. The fourth-order valence-corrected chi connectivity index (χ4v) is 3.29. The lowest BCUT2D eigenvalue weighted by Gasteiger charge is -2.28. The third-order valence-electron chi connectivity index (χ3n) is 3.66. The summed E-state index contributed by atoms with van der Waals surface area (Å²) in [6.07, 6.45) is 0. The van der Waals surface area contributed by atoms with Gasteiger partial charge in [0, 0.05) is 18.5 Å². The number of hydrogen-bond acceptors (Lipinski definition) is 5. The first-order valence-corrected chi connectivity index (χ1v) is 8.01. The molecule has 1 aliphatic heterocycles. The minimum absolute atomic E-state index is 0.0339. The third kappa shape index (κ3) is 2.31. The average molecular weight is 310 g/mol. The molecule has 0 bridgehead atoms. The second-order valence-electron chi connectivity index (χ2n) is 5.14. The zero-order valence-electron chi connectivity index (χ0n) is 11.8. The first kappa shape index (κ1) is 13.2. The van der Waals surface area contributed by atoms with E-state index < -0.39 is 0 Å². The second-order valence-corrected chi connectivity index (χ2v) is 6.08. The van der Waals surface area contributed by atoms with Crippen LogP contribution >= 0.6 is 11.3 Å². The summed E-state index contributed by atoms with van der Waals surface area (Å²) in [5.41, 5.74) is 0.905. The van der Waals surface area contributed by atoms with Crippen LogP contribution in [0.1, 0.15) is 0 Å². The van der Waals surface area contributed by atoms with Gasteiger partial charge in [-0.1, -0.05) is 18.2 Å². The molecule has 0 saturated carbocycles. The zero-order chi connectivity index (χ0) is 14.9. The summed E-state index contributed by atoms with van der Waals surface area (Å²) < 4.78 is 0. The van der Waals surface area contributed by atoms with E-state index in [1.54, 1.807) is 11.3 Å². The van der Waals surface area contributed by atoms with Gasteiger partial charge in [0.1, 0.15) is 5.82 Å². The molecule has 3 heterocycles. The van der Waals surface area contributed by atoms with Gasteiger partial charge in [-0.3, -0.25) is 4.79 Å². The van der Waals surface area contributed by atoms with Crippen LogP contribution in [0.3, 0.4) is 0 Å². The molecule has 1 fully saturated rings. The second kappa shape index (κ2) is 5.38. The van der Waals surface area contributed by atoms with Crippen molar-refractivity contribution in [3.63, 3.8) is 0 Å². The van der Waals surface area contributed by atoms with Crippen molar-refractivity contribution in [2.45, 2.75) is 0 Å². The van der Waals surface area contributed by atoms with E-state index in [2.05, 4.69) is 10.3 Å². The Balaban J connectivity index is 1.89. The van der Waals surface area contributed by atoms with Gasteiger partial charge in [-0.25, -0.2) is 9.97 Å². The van der Waals surface area contributed by atoms with Crippen LogP contribution in [0.4, 0.5) is 5.82 Å². The highest BCUT2D eigenvalue weighted by Gasteiger charge is 2.21. The highest BCUT2D eigenvalue weighted by Crippen LogP contribution is 2.29. The summed E-state index contributed by atoms with van der Waals surface area (Å²) in [6.45, 7) is 1.74. The van der Waals surface area contributed by atoms with E-state index in [1.807, 2.05) is 46.7 Å². The predicted molar refractivity (Wildman–Crippen MR) is 88.1 cm³/mol. The lowest BCUT2D eigenvalue weighted by Crippen LogP contribution is -2.48. The number of para-hydroxylation sites is 1. The van der Waals surface area contributed by atoms with Crippen molar-refractivity contribution >= 4 is 34.0 Å². The monoisotopic (exact) mass is 310 g/mol. The number of fused-ring (bicyclic) bond motifs is 1. The molecule has 1 N–H and O–H groups in total. The van der Waals surface area contributed by atoms with E-state index in [0.29, 0.717) is 13.1 Å². The third-order valence-corrected chi connectivity index (χ3v) is 4.53. The smallest absolute Gasteiger partial charge is 0.239 e. The van der Waals surface area contributed by atoms with Gasteiger partial charge in [-0.05, 0) is 23.6 Å². The van der Waals surface area contributed by atoms with Crippen molar-refractivity contribution in [1.82, 2.24) is 15.3 Å². The van der Waals surface area contributed by atoms with E-state index in [0.717, 1.165) is 34.0 Å². The minimum atomic E-state index is 0.0339. The SMILES string of the molecule is O=C1CN(c2nc(-c3cccs3)nc3ccccc23)CCN1. The molecule has 0 radical (unpaired) electrons. The van der Waals surface area contributed by atoms with E-state index in [9.17, 15) is 4.79 Å². The maximum Gasteiger partial charge on any atom is 0.239 e. The van der Waals surface area contributed by atoms with Crippen molar-refractivity contribution < 1.29 is 4.79 Å². The molecule has 110 valence electrons. The van der Waals surface area contributed by atoms with Gasteiger partial charge in [0.2, 0.25) is 5.91 Å². The molecule has 1 amide bonds. The largest absolute Gasteiger partial charge is 0.353 e. The molecule has 22 heavy (non-hydrogen) atoms. The summed E-state index contributed by atoms with van der Waals surface area (Å²) in [4.78, 5) is 24.2. The number of piperazine rings is 1. The van der Waals surface area contributed by atoms with Crippen LogP contribution in [0.25, 0.3) is 21.6 Å². The fraction of sp³-hybridized carbons (Fsp3) is 0.188. The van der Waals surface area contributed by atoms with Gasteiger partial charge >= 0.3 is 0 Å². The van der Waals surface area contributed by atoms with Crippen molar-refractivity contribution in [3.8, 4) is 10.7 Å². The molecule has 5 nitrogen and oxygen atoms in total. The fourth-order valence-electron chi connectivity index (χ4n) is 2.64. The number of carbonyl (C=O) groups excluding carboxylic acids is 1. The molecule has 0 atom stereocenters. The Kier molecular flexibility index (Phi) is 3.23. The Morgan fingerprint density at radius 3 is 2.86 bits per heavy atom. The molecule has 6 heteroatoms. The molecule has 1 aliphatic rings. The Bertz CT molecular complexity index is 831. The summed E-state index contributed by atoms with van der Waals surface area (Å²) in [7, 11) is 0. The first-order chi connectivity index (χ1) is 10.8. The molecule has 0 aliphatic carbocycles. The molecule has 1 saturated heterocycles. The Labute approximate surface area is 131 Å². The standard InChI is InChI=1S/C16H14N4OS/c21-14-10-20(8-7-17-14)16-11-4-1-2-5-12(11)18-15(19-16)13-6-3-9-22-13/h1-6,9H,7-8,10H2,(H,17,21). The predicted octanol–water partition coefficient (Wildman–Crippen LogP) is 2.29. The average Bonchev–Trinajstić information content (AvgIpc) is 3.08. The number of carbonyl (C=O) groups is 1. The Hall–Kier alpha value is -2.47. The summed E-state index contributed by atoms with van der Waals surface area (Å²) in [5.74, 6) is 1.59. The van der Waals surface area contributed by atoms with Gasteiger partial charge < -0.3 is 10.2 Å². The lowest BCUT2D eigenvalue weighted by atomic mass is 10.2. The number of amides is 1. The van der Waals surface area contributed by atoms with Crippen LogP contribution in [-0.2, 0) is 4.79 Å². The van der Waals surface area contributed by atoms with Crippen molar-refractivity contribution in [3.05, 3.63) is 41.8 Å². The van der Waals surface area contributed by atoms with Crippen LogP contribution in [0.15, 0.2) is 41.8 Å². The quantitative estimate of drug-likeness (QED) is 0.789. The molecule has 2 aromatic heterocycles. The highest BCUT2D eigenvalue weighted by atomic mass is 32.1. The van der Waals surface area contributed by atoms with Crippen LogP contribution in [0.5, 0.6) is 0 Å². The van der Waals surface area contributed by atoms with Gasteiger partial charge in [0.15, 0.2) is 5.82 Å². The lowest BCUT2D eigenvalue weighted by molar-refractivity contribution is -0.120. The number of nitrogens with one attached hydrogen (secondary N) is 1. The van der Waals surface area contributed by atoms with E-state index in [-0.39, 0.29) is 5.91 Å². The summed E-state index contributed by atoms with van der Waals surface area (Å²) in [6, 6.07) is 12.0. The van der Waals surface area contributed by atoms with E-state index in [4.69, 9.17) is 4.98 Å².